The zero-order valence-electron chi connectivity index (χ0n) is 56.0. The van der Waals surface area contributed by atoms with Crippen LogP contribution in [0.4, 0.5) is 0 Å². The topological polar surface area (TPSA) is 404 Å². The Balaban J connectivity index is 0.689. The van der Waals surface area contributed by atoms with Gasteiger partial charge in [-0.25, -0.2) is 14.2 Å². The minimum absolute atomic E-state index is 0.000746. The van der Waals surface area contributed by atoms with E-state index >= 15 is 0 Å². The van der Waals surface area contributed by atoms with Crippen molar-refractivity contribution in [3.05, 3.63) is 80.3 Å². The van der Waals surface area contributed by atoms with E-state index < -0.39 is 66.2 Å². The fourth-order valence-electron chi connectivity index (χ4n) is 13.0. The van der Waals surface area contributed by atoms with Crippen molar-refractivity contribution in [2.45, 2.75) is 114 Å². The molecule has 5 fully saturated rings. The highest BCUT2D eigenvalue weighted by atomic mass is 127. The molecule has 7 atom stereocenters. The molecule has 31 nitrogen and oxygen atoms in total. The van der Waals surface area contributed by atoms with E-state index in [9.17, 15) is 58.3 Å². The van der Waals surface area contributed by atoms with Gasteiger partial charge in [-0.15, -0.1) is 0 Å². The second-order valence-electron chi connectivity index (χ2n) is 26.1. The number of carboxylic acids is 1. The molecule has 538 valence electrons. The van der Waals surface area contributed by atoms with Gasteiger partial charge in [0.15, 0.2) is 19.7 Å². The Morgan fingerprint density at radius 2 is 1.38 bits per heavy atom. The number of amides is 8. The quantitative estimate of drug-likeness (QED) is 0.0151. The zero-order valence-corrected chi connectivity index (χ0v) is 58.1. The SMILES string of the molecule is CC12C[N-][N+]3(CC[N+]34CC(NC(=O)CCCC(=O)NCCCC[C@H](NC(=O)CCOCCOCCOCCNC(=O)COc3ccc5c(C(=O)NCC(=O)N6CCCC6B(O)O)ccnc5c3)C(=O)N[C@@H](CCCCNC(=O)Cc3ccc(I)cc3)C(=O)O)(C[N-]4)CNCCNC1)C2. The lowest BCUT2D eigenvalue weighted by Gasteiger charge is -2.68. The van der Waals surface area contributed by atoms with E-state index in [2.05, 4.69) is 82.3 Å². The van der Waals surface area contributed by atoms with E-state index in [1.165, 1.54) is 17.2 Å². The number of nitrogens with one attached hydrogen (secondary N) is 9. The van der Waals surface area contributed by atoms with Crippen LogP contribution in [0.25, 0.3) is 21.8 Å². The molecule has 8 rings (SSSR count). The number of quaternary nitrogens is 2. The third kappa shape index (κ3) is 23.1. The average molecular weight is 1480 g/mol. The summed E-state index contributed by atoms with van der Waals surface area (Å²) in [5, 5.41) is 56.6. The number of pyridine rings is 1. The van der Waals surface area contributed by atoms with Crippen LogP contribution in [-0.2, 0) is 59.0 Å². The highest BCUT2D eigenvalue weighted by Gasteiger charge is 2.62. The maximum atomic E-state index is 13.8. The van der Waals surface area contributed by atoms with Crippen LogP contribution in [0.2, 0.25) is 0 Å². The molecule has 5 unspecified atom stereocenters. The summed E-state index contributed by atoms with van der Waals surface area (Å²) in [6.07, 6.45) is 5.20. The van der Waals surface area contributed by atoms with Gasteiger partial charge in [-0.05, 0) is 116 Å². The molecule has 1 aromatic heterocycles. The van der Waals surface area contributed by atoms with Gasteiger partial charge < -0.3 is 97.7 Å². The molecule has 5 aliphatic rings. The maximum Gasteiger partial charge on any atom is 0.475 e. The van der Waals surface area contributed by atoms with E-state index in [1.54, 1.807) is 18.2 Å². The van der Waals surface area contributed by atoms with Gasteiger partial charge in [-0.2, -0.15) is 0 Å². The number of carboxylic acid groups (broad SMARTS) is 1. The molecule has 8 amide bonds. The number of unbranched alkanes of at least 4 members (excludes halogenated alkanes) is 2. The normalized spacial score (nSPS) is 22.4. The first-order valence-electron chi connectivity index (χ1n) is 34.1. The first-order valence-corrected chi connectivity index (χ1v) is 35.2. The summed E-state index contributed by atoms with van der Waals surface area (Å²) in [6, 6.07) is 11.6. The number of rotatable bonds is 40. The van der Waals surface area contributed by atoms with E-state index in [0.29, 0.717) is 104 Å². The molecule has 4 bridgehead atoms. The number of benzene rings is 2. The molecule has 98 heavy (non-hydrogen) atoms. The van der Waals surface area contributed by atoms with Crippen LogP contribution >= 0.6 is 22.6 Å². The number of hydrogen-bond donors (Lipinski definition) is 12. The van der Waals surface area contributed by atoms with Crippen LogP contribution in [0.5, 0.6) is 5.75 Å². The number of aliphatic carboxylic acids is 1. The minimum Gasteiger partial charge on any atom is -0.484 e. The lowest BCUT2D eigenvalue weighted by molar-refractivity contribution is -1.51. The van der Waals surface area contributed by atoms with E-state index in [4.69, 9.17) is 29.8 Å². The largest absolute Gasteiger partial charge is 0.484 e. The molecule has 3 aromatic rings. The standard InChI is InChI=1S/C65H97BIN15O16/c1-64-40-68-24-25-69-42-65(43-76-82(45-65)29-28-81(82,44-64)75-41-64)79-57(85)12-6-11-55(83)71-21-4-2-8-51(62(90)78-52(63(91)92)9-3-5-22-72-58(86)36-46-13-15-47(67)16-14-46)77-56(84)20-30-95-32-34-97-35-33-96-31-26-73-59(87)39-98-48-17-18-49-50(19-23-70-53(49)37-48)61(89)74-38-60(88)80-27-7-10-54(80)66(93)94/h13-19,23,37,51-52,54,68-69,93-94H,2-12,20-22,24-36,38-45H2,1H3,(H,71,83)(H,72,86)(H,73,87)(H,74,89)(H,77,84)(H,78,90)(H,79,85)(H,91,92)/t51-,52-,54?,64?,65?,81?,82?/m0/s1. The number of ether oxygens (including phenoxy) is 4. The van der Waals surface area contributed by atoms with Crippen LogP contribution < -0.4 is 52.6 Å². The predicted octanol–water partition coefficient (Wildman–Crippen LogP) is -0.232. The van der Waals surface area contributed by atoms with Crippen molar-refractivity contribution < 1.29 is 86.7 Å². The average Bonchev–Trinajstić information content (AvgIpc) is 1.52. The van der Waals surface area contributed by atoms with Gasteiger partial charge in [0.2, 0.25) is 35.4 Å². The molecule has 33 heteroatoms. The van der Waals surface area contributed by atoms with Crippen LogP contribution in [0, 0.1) is 8.99 Å². The van der Waals surface area contributed by atoms with Gasteiger partial charge in [-0.3, -0.25) is 43.3 Å². The van der Waals surface area contributed by atoms with E-state index in [1.807, 2.05) is 24.3 Å². The molecule has 12 N–H and O–H groups in total. The van der Waals surface area contributed by atoms with Crippen molar-refractivity contribution in [2.75, 3.05) is 144 Å². The number of fused-ring (bicyclic) bond motifs is 3. The van der Waals surface area contributed by atoms with Gasteiger partial charge in [0.05, 0.1) is 75.2 Å². The van der Waals surface area contributed by atoms with Crippen LogP contribution in [0.1, 0.15) is 99.9 Å². The number of halogens is 1. The van der Waals surface area contributed by atoms with Gasteiger partial charge in [0.1, 0.15) is 30.9 Å². The zero-order chi connectivity index (χ0) is 70.0. The maximum absolute atomic E-state index is 13.8. The van der Waals surface area contributed by atoms with Crippen molar-refractivity contribution in [3.8, 4) is 5.75 Å². The van der Waals surface area contributed by atoms with Gasteiger partial charge in [0.25, 0.3) is 11.8 Å². The fourth-order valence-corrected chi connectivity index (χ4v) is 13.3. The molecule has 2 spiro atoms. The van der Waals surface area contributed by atoms with Crippen LogP contribution in [0.3, 0.4) is 0 Å². The van der Waals surface area contributed by atoms with Crippen molar-refractivity contribution in [1.82, 2.24) is 57.7 Å². The third-order valence-electron chi connectivity index (χ3n) is 18.3. The summed E-state index contributed by atoms with van der Waals surface area (Å²) in [4.78, 5) is 122. The highest BCUT2D eigenvalue weighted by Crippen LogP contribution is 2.52. The van der Waals surface area contributed by atoms with E-state index in [0.717, 1.165) is 54.9 Å². The van der Waals surface area contributed by atoms with Crippen molar-refractivity contribution in [3.63, 3.8) is 0 Å². The number of likely N-dealkylation sites (tertiary alicyclic amines) is 1. The number of aromatic nitrogens is 1. The van der Waals surface area contributed by atoms with Crippen LogP contribution in [0.15, 0.2) is 54.7 Å². The van der Waals surface area contributed by atoms with Crippen LogP contribution in [-0.4, -0.2) is 263 Å². The second kappa shape index (κ2) is 38.2. The smallest absolute Gasteiger partial charge is 0.475 e. The summed E-state index contributed by atoms with van der Waals surface area (Å²) in [5.74, 6) is -4.65. The van der Waals surface area contributed by atoms with Crippen molar-refractivity contribution >= 4 is 93.8 Å². The minimum atomic E-state index is -1.66. The Morgan fingerprint density at radius 1 is 0.714 bits per heavy atom. The summed E-state index contributed by atoms with van der Waals surface area (Å²) in [7, 11) is -1.66. The fraction of sp³-hybridized carbons (Fsp3) is 0.631. The summed E-state index contributed by atoms with van der Waals surface area (Å²) < 4.78 is 24.5. The van der Waals surface area contributed by atoms with E-state index in [-0.39, 0.29) is 133 Å². The lowest BCUT2D eigenvalue weighted by atomic mass is 9.78. The highest BCUT2D eigenvalue weighted by molar-refractivity contribution is 14.1. The lowest BCUT2D eigenvalue weighted by Crippen LogP contribution is -2.80. The first kappa shape index (κ1) is 77.0. The van der Waals surface area contributed by atoms with Gasteiger partial charge in [0, 0.05) is 98.3 Å². The summed E-state index contributed by atoms with van der Waals surface area (Å²) in [5.41, 5.74) is 11.4. The molecule has 0 radical (unpaired) electrons. The monoisotopic (exact) mass is 1480 g/mol. The molecule has 6 heterocycles. The molecule has 0 saturated carbocycles. The number of nitrogens with zero attached hydrogens (tertiary/aromatic N) is 6. The number of carbonyl (C=O) groups excluding carboxylic acids is 8. The van der Waals surface area contributed by atoms with Gasteiger partial charge >= 0.3 is 13.1 Å². The Bertz CT molecular complexity index is 3200. The van der Waals surface area contributed by atoms with Crippen molar-refractivity contribution in [1.29, 1.82) is 0 Å². The number of carbonyl (C=O) groups is 9. The number of hydrogen-bond acceptors (Lipinski definition) is 18. The first-order chi connectivity index (χ1) is 47.2. The molecular weight excluding hydrogens is 1380 g/mol. The Labute approximate surface area is 585 Å². The Kier molecular flexibility index (Phi) is 30.0. The second-order valence-corrected chi connectivity index (χ2v) is 27.4. The molecule has 2 aromatic carbocycles. The predicted molar refractivity (Wildman–Crippen MR) is 368 cm³/mol. The molecular formula is C65H97BIN15O16. The Morgan fingerprint density at radius 3 is 2.10 bits per heavy atom. The molecule has 5 aliphatic heterocycles. The third-order valence-corrected chi connectivity index (χ3v) is 19.0. The molecule has 0 aliphatic carbocycles. The van der Waals surface area contributed by atoms with Crippen molar-refractivity contribution in [2.24, 2.45) is 5.41 Å². The Hall–Kier alpha value is -6.77. The summed E-state index contributed by atoms with van der Waals surface area (Å²) >= 11 is 2.19. The summed E-state index contributed by atoms with van der Waals surface area (Å²) in [6.45, 7) is 11.5. The van der Waals surface area contributed by atoms with Gasteiger partial charge in [-0.1, -0.05) is 32.1 Å². The molecule has 5 saturated heterocycles.